The second kappa shape index (κ2) is 6.31. The molecular formula is C14H20O2S. The minimum absolute atomic E-state index is 0.331. The van der Waals surface area contributed by atoms with Gasteiger partial charge in [0, 0.05) is 5.25 Å². The van der Waals surface area contributed by atoms with Gasteiger partial charge in [0.15, 0.2) is 0 Å². The molecule has 1 heterocycles. The van der Waals surface area contributed by atoms with Crippen molar-refractivity contribution in [2.75, 3.05) is 12.4 Å². The first-order valence-electron chi connectivity index (χ1n) is 6.33. The maximum absolute atomic E-state index is 10.2. The van der Waals surface area contributed by atoms with Crippen molar-refractivity contribution in [1.29, 1.82) is 0 Å². The van der Waals surface area contributed by atoms with Crippen LogP contribution in [-0.2, 0) is 0 Å². The van der Waals surface area contributed by atoms with Gasteiger partial charge in [-0.1, -0.05) is 19.1 Å². The van der Waals surface area contributed by atoms with Crippen molar-refractivity contribution < 1.29 is 9.84 Å². The summed E-state index contributed by atoms with van der Waals surface area (Å²) >= 11 is 1.88. The first kappa shape index (κ1) is 12.8. The Bertz CT molecular complexity index is 331. The first-order chi connectivity index (χ1) is 8.31. The van der Waals surface area contributed by atoms with Crippen LogP contribution >= 0.6 is 11.8 Å². The molecule has 0 aromatic heterocycles. The molecule has 1 saturated heterocycles. The molecule has 0 radical (unpaired) electrons. The Morgan fingerprint density at radius 3 is 2.76 bits per heavy atom. The number of thioether (sulfide) groups is 1. The van der Waals surface area contributed by atoms with Gasteiger partial charge < -0.3 is 9.84 Å². The smallest absolute Gasteiger partial charge is 0.119 e. The van der Waals surface area contributed by atoms with E-state index in [1.807, 2.05) is 36.0 Å². The number of benzene rings is 1. The second-order valence-corrected chi connectivity index (χ2v) is 5.76. The monoisotopic (exact) mass is 252 g/mol. The van der Waals surface area contributed by atoms with E-state index in [4.69, 9.17) is 4.74 Å². The quantitative estimate of drug-likeness (QED) is 0.871. The largest absolute Gasteiger partial charge is 0.494 e. The van der Waals surface area contributed by atoms with Crippen molar-refractivity contribution in [2.24, 2.45) is 0 Å². The summed E-state index contributed by atoms with van der Waals surface area (Å²) in [7, 11) is 0. The van der Waals surface area contributed by atoms with Crippen molar-refractivity contribution in [3.05, 3.63) is 29.8 Å². The van der Waals surface area contributed by atoms with Crippen LogP contribution in [-0.4, -0.2) is 22.7 Å². The zero-order valence-corrected chi connectivity index (χ0v) is 11.1. The van der Waals surface area contributed by atoms with Gasteiger partial charge in [-0.05, 0) is 42.7 Å². The Labute approximate surface area is 107 Å². The number of ether oxygens (including phenoxy) is 1. The Morgan fingerprint density at radius 1 is 1.41 bits per heavy atom. The lowest BCUT2D eigenvalue weighted by Gasteiger charge is -2.17. The average molecular weight is 252 g/mol. The maximum Gasteiger partial charge on any atom is 0.119 e. The van der Waals surface area contributed by atoms with Gasteiger partial charge in [0.2, 0.25) is 0 Å². The van der Waals surface area contributed by atoms with E-state index < -0.39 is 0 Å². The first-order valence-corrected chi connectivity index (χ1v) is 7.38. The fourth-order valence-corrected chi connectivity index (χ4v) is 3.36. The fourth-order valence-electron chi connectivity index (χ4n) is 2.05. The molecule has 2 atom stereocenters. The Balaban J connectivity index is 1.96. The van der Waals surface area contributed by atoms with E-state index in [1.54, 1.807) is 0 Å². The summed E-state index contributed by atoms with van der Waals surface area (Å²) in [5.41, 5.74) is 1.01. The summed E-state index contributed by atoms with van der Waals surface area (Å²) in [6, 6.07) is 7.87. The van der Waals surface area contributed by atoms with Gasteiger partial charge in [-0.15, -0.1) is 0 Å². The summed E-state index contributed by atoms with van der Waals surface area (Å²) < 4.78 is 5.53. The van der Waals surface area contributed by atoms with Crippen LogP contribution in [0.3, 0.4) is 0 Å². The van der Waals surface area contributed by atoms with Gasteiger partial charge in [0.05, 0.1) is 12.7 Å². The van der Waals surface area contributed by atoms with Crippen molar-refractivity contribution >= 4 is 11.8 Å². The molecule has 0 bridgehead atoms. The summed E-state index contributed by atoms with van der Waals surface area (Å²) in [6.45, 7) is 2.84. The Kier molecular flexibility index (Phi) is 4.75. The highest BCUT2D eigenvalue weighted by Crippen LogP contribution is 2.36. The lowest BCUT2D eigenvalue weighted by Crippen LogP contribution is -2.11. The predicted octanol–water partition coefficient (Wildman–Crippen LogP) is 3.40. The van der Waals surface area contributed by atoms with E-state index in [1.165, 1.54) is 12.2 Å². The molecule has 0 saturated carbocycles. The number of aliphatic hydroxyl groups excluding tert-OH is 1. The minimum Gasteiger partial charge on any atom is -0.494 e. The van der Waals surface area contributed by atoms with Crippen LogP contribution in [0.25, 0.3) is 0 Å². The molecule has 1 aliphatic heterocycles. The average Bonchev–Trinajstić information content (AvgIpc) is 2.90. The third-order valence-corrected chi connectivity index (χ3v) is 4.46. The number of hydrogen-bond acceptors (Lipinski definition) is 3. The summed E-state index contributed by atoms with van der Waals surface area (Å²) in [5.74, 6) is 2.07. The van der Waals surface area contributed by atoms with E-state index in [-0.39, 0.29) is 6.10 Å². The van der Waals surface area contributed by atoms with E-state index in [0.717, 1.165) is 30.8 Å². The molecule has 0 amide bonds. The van der Waals surface area contributed by atoms with Crippen LogP contribution in [0.4, 0.5) is 0 Å². The summed E-state index contributed by atoms with van der Waals surface area (Å²) in [6.07, 6.45) is 3.04. The van der Waals surface area contributed by atoms with Crippen LogP contribution in [0.1, 0.15) is 37.9 Å². The molecule has 1 aromatic rings. The second-order valence-electron chi connectivity index (χ2n) is 4.41. The van der Waals surface area contributed by atoms with Gasteiger partial charge in [-0.3, -0.25) is 0 Å². The van der Waals surface area contributed by atoms with E-state index in [2.05, 4.69) is 6.92 Å². The Morgan fingerprint density at radius 2 is 2.18 bits per heavy atom. The molecule has 2 nitrogen and oxygen atoms in total. The van der Waals surface area contributed by atoms with Gasteiger partial charge in [0.1, 0.15) is 5.75 Å². The standard InChI is InChI=1S/C14H20O2S/c1-2-9-16-12-7-5-11(6-8-12)14(15)13-4-3-10-17-13/h5-8,13-15H,2-4,9-10H2,1H3. The minimum atomic E-state index is -0.331. The molecule has 17 heavy (non-hydrogen) atoms. The van der Waals surface area contributed by atoms with E-state index in [9.17, 15) is 5.11 Å². The molecule has 1 aromatic carbocycles. The predicted molar refractivity (Wildman–Crippen MR) is 72.7 cm³/mol. The molecule has 2 rings (SSSR count). The molecule has 1 N–H and O–H groups in total. The topological polar surface area (TPSA) is 29.5 Å². The highest BCUT2D eigenvalue weighted by Gasteiger charge is 2.24. The Hall–Kier alpha value is -0.670. The van der Waals surface area contributed by atoms with Crippen molar-refractivity contribution in [3.8, 4) is 5.75 Å². The van der Waals surface area contributed by atoms with Gasteiger partial charge in [-0.25, -0.2) is 0 Å². The van der Waals surface area contributed by atoms with Crippen LogP contribution in [0.2, 0.25) is 0 Å². The maximum atomic E-state index is 10.2. The summed E-state index contributed by atoms with van der Waals surface area (Å²) in [5, 5.41) is 10.6. The summed E-state index contributed by atoms with van der Waals surface area (Å²) in [4.78, 5) is 0. The molecule has 0 aliphatic carbocycles. The molecule has 2 unspecified atom stereocenters. The zero-order valence-electron chi connectivity index (χ0n) is 10.3. The van der Waals surface area contributed by atoms with Crippen LogP contribution in [0.15, 0.2) is 24.3 Å². The van der Waals surface area contributed by atoms with Gasteiger partial charge in [-0.2, -0.15) is 11.8 Å². The highest BCUT2D eigenvalue weighted by atomic mass is 32.2. The molecule has 1 aliphatic rings. The van der Waals surface area contributed by atoms with E-state index in [0.29, 0.717) is 5.25 Å². The van der Waals surface area contributed by atoms with Gasteiger partial charge in [0.25, 0.3) is 0 Å². The molecule has 3 heteroatoms. The van der Waals surface area contributed by atoms with Crippen molar-refractivity contribution in [3.63, 3.8) is 0 Å². The lowest BCUT2D eigenvalue weighted by molar-refractivity contribution is 0.173. The normalized spacial score (nSPS) is 21.4. The molecule has 0 spiro atoms. The van der Waals surface area contributed by atoms with Crippen LogP contribution in [0.5, 0.6) is 5.75 Å². The third kappa shape index (κ3) is 3.39. The number of hydrogen-bond donors (Lipinski definition) is 1. The molecule has 94 valence electrons. The van der Waals surface area contributed by atoms with Gasteiger partial charge >= 0.3 is 0 Å². The zero-order chi connectivity index (χ0) is 12.1. The fraction of sp³-hybridized carbons (Fsp3) is 0.571. The molecule has 1 fully saturated rings. The number of rotatable bonds is 5. The van der Waals surface area contributed by atoms with Crippen LogP contribution < -0.4 is 4.74 Å². The van der Waals surface area contributed by atoms with Crippen molar-refractivity contribution in [2.45, 2.75) is 37.5 Å². The van der Waals surface area contributed by atoms with Crippen molar-refractivity contribution in [1.82, 2.24) is 0 Å². The van der Waals surface area contributed by atoms with E-state index >= 15 is 0 Å². The molecular weight excluding hydrogens is 232 g/mol. The number of aliphatic hydroxyl groups is 1. The SMILES string of the molecule is CCCOc1ccc(C(O)C2CCCS2)cc1. The third-order valence-electron chi connectivity index (χ3n) is 3.01. The van der Waals surface area contributed by atoms with Crippen LogP contribution in [0, 0.1) is 0 Å². The highest BCUT2D eigenvalue weighted by molar-refractivity contribution is 8.00. The lowest BCUT2D eigenvalue weighted by atomic mass is 10.0.